The smallest absolute Gasteiger partial charge is 0.417 e. The molecule has 4 N–H and O–H groups in total. The molecule has 0 bridgehead atoms. The fourth-order valence-electron chi connectivity index (χ4n) is 5.79. The summed E-state index contributed by atoms with van der Waals surface area (Å²) in [6.45, 7) is 0.552. The minimum absolute atomic E-state index is 0.0424. The summed E-state index contributed by atoms with van der Waals surface area (Å²) in [5.74, 6) is -2.03. The van der Waals surface area contributed by atoms with Crippen molar-refractivity contribution < 1.29 is 32.7 Å². The van der Waals surface area contributed by atoms with E-state index in [1.54, 1.807) is 0 Å². The van der Waals surface area contributed by atoms with E-state index in [4.69, 9.17) is 17.3 Å². The fraction of sp³-hybridized carbons (Fsp3) is 0.483. The lowest BCUT2D eigenvalue weighted by Crippen LogP contribution is -2.53. The molecule has 222 valence electrons. The van der Waals surface area contributed by atoms with Crippen LogP contribution in [0.15, 0.2) is 48.5 Å². The van der Waals surface area contributed by atoms with Crippen molar-refractivity contribution >= 4 is 29.4 Å². The first kappa shape index (κ1) is 30.8. The number of halogens is 4. The molecule has 2 aliphatic heterocycles. The van der Waals surface area contributed by atoms with E-state index < -0.39 is 40.7 Å². The molecule has 4 atom stereocenters. The Labute approximate surface area is 241 Å². The Hall–Kier alpha value is -3.15. The van der Waals surface area contributed by atoms with Crippen LogP contribution in [0.3, 0.4) is 0 Å². The van der Waals surface area contributed by atoms with Gasteiger partial charge in [0.15, 0.2) is 0 Å². The van der Waals surface area contributed by atoms with Gasteiger partial charge in [0.2, 0.25) is 11.8 Å². The highest BCUT2D eigenvalue weighted by atomic mass is 35.5. The van der Waals surface area contributed by atoms with Crippen LogP contribution in [0.25, 0.3) is 0 Å². The fourth-order valence-corrected chi connectivity index (χ4v) is 6.01. The second-order valence-corrected chi connectivity index (χ2v) is 11.1. The molecule has 0 saturated carbocycles. The van der Waals surface area contributed by atoms with Gasteiger partial charge in [-0.25, -0.2) is 0 Å². The molecule has 12 heteroatoms. The first-order valence-electron chi connectivity index (χ1n) is 13.6. The first-order valence-corrected chi connectivity index (χ1v) is 14.0. The largest absolute Gasteiger partial charge is 0.481 e. The van der Waals surface area contributed by atoms with E-state index in [9.17, 15) is 32.7 Å². The van der Waals surface area contributed by atoms with Crippen LogP contribution in [0.2, 0.25) is 5.02 Å². The predicted molar refractivity (Wildman–Crippen MR) is 147 cm³/mol. The summed E-state index contributed by atoms with van der Waals surface area (Å²) in [4.78, 5) is 42.2. The number of hydrogen-bond donors (Lipinski definition) is 3. The number of aryl methyl sites for hydroxylation is 1. The number of rotatable bonds is 10. The quantitative estimate of drug-likeness (QED) is 0.385. The molecule has 1 unspecified atom stereocenters. The Morgan fingerprint density at radius 2 is 1.88 bits per heavy atom. The SMILES string of the molecule is N[C@@H]1C[C@H]2C(=O)N([C@H](CCC(=O)O)C(=O)NCc3ccc(Cl)c(C(F)(F)F)c3)CCC(CCc3ccccc3)N2C1. The summed E-state index contributed by atoms with van der Waals surface area (Å²) in [6, 6.07) is 11.5. The van der Waals surface area contributed by atoms with Crippen molar-refractivity contribution in [2.24, 2.45) is 5.73 Å². The van der Waals surface area contributed by atoms with E-state index in [2.05, 4.69) is 10.2 Å². The molecule has 2 saturated heterocycles. The topological polar surface area (TPSA) is 116 Å². The third kappa shape index (κ3) is 7.78. The maximum absolute atomic E-state index is 13.8. The van der Waals surface area contributed by atoms with Gasteiger partial charge in [-0.2, -0.15) is 13.2 Å². The highest BCUT2D eigenvalue weighted by Gasteiger charge is 2.45. The molecule has 41 heavy (non-hydrogen) atoms. The second-order valence-electron chi connectivity index (χ2n) is 10.7. The van der Waals surface area contributed by atoms with Gasteiger partial charge in [0.1, 0.15) is 6.04 Å². The number of carbonyl (C=O) groups excluding carboxylic acids is 2. The van der Waals surface area contributed by atoms with Crippen molar-refractivity contribution in [1.82, 2.24) is 15.1 Å². The van der Waals surface area contributed by atoms with Crippen molar-refractivity contribution in [3.05, 3.63) is 70.2 Å². The molecule has 2 aromatic rings. The van der Waals surface area contributed by atoms with Gasteiger partial charge in [-0.05, 0) is 55.4 Å². The standard InChI is InChI=1S/C29H34ClF3N4O4/c30-23-9-7-19(14-22(23)29(31,32)33)16-35-27(40)24(10-11-26(38)39)36-13-12-21(8-6-18-4-2-1-3-5-18)37-17-20(34)15-25(37)28(36)41/h1-5,7,9,14,20-21,24-25H,6,8,10-13,15-17,34H2,(H,35,40)(H,38,39)/t20-,21?,24-,25+/m1/s1. The van der Waals surface area contributed by atoms with Gasteiger partial charge in [0.25, 0.3) is 0 Å². The number of hydrogen-bond acceptors (Lipinski definition) is 5. The van der Waals surface area contributed by atoms with Gasteiger partial charge in [-0.15, -0.1) is 0 Å². The Morgan fingerprint density at radius 3 is 2.56 bits per heavy atom. The zero-order chi connectivity index (χ0) is 29.7. The van der Waals surface area contributed by atoms with Crippen LogP contribution in [-0.4, -0.2) is 69.9 Å². The molecule has 2 heterocycles. The van der Waals surface area contributed by atoms with Crippen LogP contribution >= 0.6 is 11.6 Å². The van der Waals surface area contributed by atoms with Crippen LogP contribution in [0.4, 0.5) is 13.2 Å². The van der Waals surface area contributed by atoms with Crippen molar-refractivity contribution in [3.63, 3.8) is 0 Å². The van der Waals surface area contributed by atoms with Crippen LogP contribution in [0.1, 0.15) is 48.8 Å². The summed E-state index contributed by atoms with van der Waals surface area (Å²) < 4.78 is 39.9. The molecule has 2 amide bonds. The van der Waals surface area contributed by atoms with Crippen LogP contribution in [0, 0.1) is 0 Å². The van der Waals surface area contributed by atoms with Crippen LogP contribution in [0.5, 0.6) is 0 Å². The van der Waals surface area contributed by atoms with Crippen LogP contribution < -0.4 is 11.1 Å². The normalized spacial score (nSPS) is 22.2. The van der Waals surface area contributed by atoms with Gasteiger partial charge < -0.3 is 21.1 Å². The van der Waals surface area contributed by atoms with Crippen molar-refractivity contribution in [1.29, 1.82) is 0 Å². The summed E-state index contributed by atoms with van der Waals surface area (Å²) in [7, 11) is 0. The minimum atomic E-state index is -4.66. The van der Waals surface area contributed by atoms with E-state index in [1.807, 2.05) is 30.3 Å². The predicted octanol–water partition coefficient (Wildman–Crippen LogP) is 3.84. The molecule has 0 aliphatic carbocycles. The van der Waals surface area contributed by atoms with Gasteiger partial charge >= 0.3 is 12.1 Å². The van der Waals surface area contributed by atoms with Crippen LogP contribution in [-0.2, 0) is 33.5 Å². The van der Waals surface area contributed by atoms with Gasteiger partial charge in [-0.1, -0.05) is 48.0 Å². The average Bonchev–Trinajstić information content (AvgIpc) is 3.26. The molecular formula is C29H34ClF3N4O4. The maximum Gasteiger partial charge on any atom is 0.417 e. The summed E-state index contributed by atoms with van der Waals surface area (Å²) in [5.41, 5.74) is 6.59. The number of nitrogens with one attached hydrogen (secondary N) is 1. The molecular weight excluding hydrogens is 561 g/mol. The summed E-state index contributed by atoms with van der Waals surface area (Å²) in [6.07, 6.45) is -2.55. The number of carboxylic acids is 1. The van der Waals surface area contributed by atoms with E-state index in [0.717, 1.165) is 25.0 Å². The van der Waals surface area contributed by atoms with Gasteiger partial charge in [-0.3, -0.25) is 19.3 Å². The van der Waals surface area contributed by atoms with E-state index >= 15 is 0 Å². The molecule has 4 rings (SSSR count). The van der Waals surface area contributed by atoms with E-state index in [0.29, 0.717) is 19.4 Å². The number of amides is 2. The Morgan fingerprint density at radius 1 is 1.15 bits per heavy atom. The lowest BCUT2D eigenvalue weighted by Gasteiger charge is -2.32. The zero-order valence-electron chi connectivity index (χ0n) is 22.4. The Bertz CT molecular complexity index is 1250. The van der Waals surface area contributed by atoms with Gasteiger partial charge in [0, 0.05) is 38.1 Å². The third-order valence-corrected chi connectivity index (χ3v) is 8.16. The number of aliphatic carboxylic acids is 1. The molecule has 0 aromatic heterocycles. The van der Waals surface area contributed by atoms with E-state index in [-0.39, 0.29) is 49.5 Å². The average molecular weight is 595 g/mol. The number of nitrogens with two attached hydrogens (primary N) is 1. The summed E-state index contributed by atoms with van der Waals surface area (Å²) in [5, 5.41) is 11.5. The lowest BCUT2D eigenvalue weighted by molar-refractivity contribution is -0.144. The summed E-state index contributed by atoms with van der Waals surface area (Å²) >= 11 is 5.70. The maximum atomic E-state index is 13.8. The number of fused-ring (bicyclic) bond motifs is 1. The number of benzene rings is 2. The minimum Gasteiger partial charge on any atom is -0.481 e. The number of alkyl halides is 3. The highest BCUT2D eigenvalue weighted by molar-refractivity contribution is 6.31. The number of carboxylic acid groups (broad SMARTS) is 1. The molecule has 0 radical (unpaired) electrons. The monoisotopic (exact) mass is 594 g/mol. The van der Waals surface area contributed by atoms with Crippen molar-refractivity contribution in [2.45, 2.75) is 75.4 Å². The molecule has 2 aliphatic rings. The molecule has 0 spiro atoms. The second kappa shape index (κ2) is 13.2. The number of nitrogens with zero attached hydrogens (tertiary/aromatic N) is 2. The number of carbonyl (C=O) groups is 3. The lowest BCUT2D eigenvalue weighted by atomic mass is 10.0. The first-order chi connectivity index (χ1) is 19.4. The molecule has 2 fully saturated rings. The highest BCUT2D eigenvalue weighted by Crippen LogP contribution is 2.35. The van der Waals surface area contributed by atoms with Crippen molar-refractivity contribution in [2.75, 3.05) is 13.1 Å². The van der Waals surface area contributed by atoms with E-state index in [1.165, 1.54) is 16.5 Å². The Balaban J connectivity index is 1.52. The van der Waals surface area contributed by atoms with Crippen molar-refractivity contribution in [3.8, 4) is 0 Å². The Kier molecular flexibility index (Phi) is 9.93. The molecule has 8 nitrogen and oxygen atoms in total. The third-order valence-electron chi connectivity index (χ3n) is 7.83. The zero-order valence-corrected chi connectivity index (χ0v) is 23.2. The molecule has 2 aromatic carbocycles. The van der Waals surface area contributed by atoms with Gasteiger partial charge in [0.05, 0.1) is 16.6 Å².